The second-order valence-electron chi connectivity index (χ2n) is 5.13. The lowest BCUT2D eigenvalue weighted by molar-refractivity contribution is -0.149. The van der Waals surface area contributed by atoms with Crippen LogP contribution in [-0.4, -0.2) is 44.9 Å². The summed E-state index contributed by atoms with van der Waals surface area (Å²) in [6.07, 6.45) is 4.21. The van der Waals surface area contributed by atoms with Crippen molar-refractivity contribution in [1.29, 1.82) is 0 Å². The molecule has 0 aromatic carbocycles. The number of hydrogen-bond donors (Lipinski definition) is 1. The molecule has 104 valence electrons. The van der Waals surface area contributed by atoms with Gasteiger partial charge in [0, 0.05) is 25.5 Å². The van der Waals surface area contributed by atoms with Crippen LogP contribution in [0.3, 0.4) is 0 Å². The second-order valence-corrected chi connectivity index (χ2v) is 5.13. The largest absolute Gasteiger partial charge is 0.340 e. The van der Waals surface area contributed by atoms with Gasteiger partial charge in [0.2, 0.25) is 11.8 Å². The predicted molar refractivity (Wildman–Crippen MR) is 70.4 cm³/mol. The van der Waals surface area contributed by atoms with E-state index in [9.17, 15) is 9.59 Å². The summed E-state index contributed by atoms with van der Waals surface area (Å²) < 4.78 is 1.98. The Morgan fingerprint density at radius 1 is 1.42 bits per heavy atom. The van der Waals surface area contributed by atoms with Crippen LogP contribution in [0.25, 0.3) is 0 Å². The highest BCUT2D eigenvalue weighted by molar-refractivity contribution is 5.97. The predicted octanol–water partition coefficient (Wildman–Crippen LogP) is 0.319. The molecule has 1 aromatic heterocycles. The molecule has 2 amide bonds. The van der Waals surface area contributed by atoms with Gasteiger partial charge in [-0.05, 0) is 20.3 Å². The van der Waals surface area contributed by atoms with Crippen molar-refractivity contribution in [2.45, 2.75) is 39.3 Å². The average molecular weight is 264 g/mol. The quantitative estimate of drug-likeness (QED) is 0.851. The molecule has 2 rings (SSSR count). The monoisotopic (exact) mass is 264 g/mol. The molecule has 19 heavy (non-hydrogen) atoms. The smallest absolute Gasteiger partial charge is 0.248 e. The van der Waals surface area contributed by atoms with E-state index in [2.05, 4.69) is 10.3 Å². The molecule has 0 aliphatic carbocycles. The molecule has 1 atom stereocenters. The molecule has 1 unspecified atom stereocenters. The van der Waals surface area contributed by atoms with Crippen molar-refractivity contribution in [2.24, 2.45) is 0 Å². The van der Waals surface area contributed by atoms with E-state index < -0.39 is 5.54 Å². The molecule has 0 spiro atoms. The van der Waals surface area contributed by atoms with E-state index in [0.29, 0.717) is 19.5 Å². The fourth-order valence-corrected chi connectivity index (χ4v) is 2.28. The van der Waals surface area contributed by atoms with E-state index in [4.69, 9.17) is 0 Å². The maximum atomic E-state index is 12.4. The van der Waals surface area contributed by atoms with Gasteiger partial charge in [0.15, 0.2) is 0 Å². The first-order valence-corrected chi connectivity index (χ1v) is 6.54. The summed E-state index contributed by atoms with van der Waals surface area (Å²) in [4.78, 5) is 29.8. The van der Waals surface area contributed by atoms with E-state index >= 15 is 0 Å². The van der Waals surface area contributed by atoms with Crippen molar-refractivity contribution in [3.8, 4) is 0 Å². The molecule has 1 saturated heterocycles. The third-order valence-electron chi connectivity index (χ3n) is 3.75. The number of carbonyl (C=O) groups excluding carboxylic acids is 2. The Morgan fingerprint density at radius 3 is 2.74 bits per heavy atom. The van der Waals surface area contributed by atoms with Gasteiger partial charge in [0.05, 0.1) is 6.54 Å². The highest BCUT2D eigenvalue weighted by Crippen LogP contribution is 2.17. The molecule has 1 N–H and O–H groups in total. The maximum absolute atomic E-state index is 12.4. The van der Waals surface area contributed by atoms with Gasteiger partial charge in [-0.3, -0.25) is 9.59 Å². The van der Waals surface area contributed by atoms with Crippen LogP contribution < -0.4 is 5.32 Å². The topological polar surface area (TPSA) is 67.2 Å². The Labute approximate surface area is 112 Å². The number of rotatable bonds is 4. The molecule has 1 fully saturated rings. The van der Waals surface area contributed by atoms with Crippen LogP contribution in [0.5, 0.6) is 0 Å². The van der Waals surface area contributed by atoms with Crippen molar-refractivity contribution >= 4 is 11.8 Å². The molecule has 1 aliphatic rings. The van der Waals surface area contributed by atoms with Crippen LogP contribution in [0.1, 0.15) is 26.1 Å². The van der Waals surface area contributed by atoms with Crippen LogP contribution >= 0.6 is 0 Å². The number of aryl methyl sites for hydroxylation is 1. The highest BCUT2D eigenvalue weighted by atomic mass is 16.2. The lowest BCUT2D eigenvalue weighted by Crippen LogP contribution is -2.65. The molecular formula is C13H20N4O2. The van der Waals surface area contributed by atoms with Gasteiger partial charge in [0.25, 0.3) is 0 Å². The molecule has 0 saturated carbocycles. The Hall–Kier alpha value is -1.85. The van der Waals surface area contributed by atoms with Crippen molar-refractivity contribution < 1.29 is 9.59 Å². The van der Waals surface area contributed by atoms with Crippen molar-refractivity contribution in [2.75, 3.05) is 13.1 Å². The van der Waals surface area contributed by atoms with E-state index in [1.54, 1.807) is 18.0 Å². The first kappa shape index (κ1) is 13.6. The first-order chi connectivity index (χ1) is 8.96. The van der Waals surface area contributed by atoms with E-state index in [1.807, 2.05) is 24.6 Å². The zero-order valence-corrected chi connectivity index (χ0v) is 11.6. The summed E-state index contributed by atoms with van der Waals surface area (Å²) in [7, 11) is 0. The van der Waals surface area contributed by atoms with Crippen LogP contribution in [0, 0.1) is 6.92 Å². The molecule has 1 aliphatic heterocycles. The average Bonchev–Trinajstić information content (AvgIpc) is 2.77. The minimum atomic E-state index is -0.765. The van der Waals surface area contributed by atoms with Crippen LogP contribution in [0.4, 0.5) is 0 Å². The SMILES string of the molecule is CCC1(C)NC(=O)CN(CCn2ccnc2C)C1=O. The second kappa shape index (κ2) is 5.03. The van der Waals surface area contributed by atoms with Crippen LogP contribution in [0.15, 0.2) is 12.4 Å². The fourth-order valence-electron chi connectivity index (χ4n) is 2.28. The Bertz CT molecular complexity index is 497. The summed E-state index contributed by atoms with van der Waals surface area (Å²) >= 11 is 0. The number of piperazine rings is 1. The van der Waals surface area contributed by atoms with Crippen LogP contribution in [0.2, 0.25) is 0 Å². The summed E-state index contributed by atoms with van der Waals surface area (Å²) in [6, 6.07) is 0. The van der Waals surface area contributed by atoms with E-state index in [-0.39, 0.29) is 18.4 Å². The molecule has 2 heterocycles. The number of hydrogen-bond acceptors (Lipinski definition) is 3. The fraction of sp³-hybridized carbons (Fsp3) is 0.615. The number of nitrogens with zero attached hydrogens (tertiary/aromatic N) is 3. The number of aromatic nitrogens is 2. The summed E-state index contributed by atoms with van der Waals surface area (Å²) in [5, 5.41) is 2.78. The highest BCUT2D eigenvalue weighted by Gasteiger charge is 2.41. The van der Waals surface area contributed by atoms with Gasteiger partial charge in [-0.1, -0.05) is 6.92 Å². The zero-order valence-electron chi connectivity index (χ0n) is 11.6. The van der Waals surface area contributed by atoms with Gasteiger partial charge < -0.3 is 14.8 Å². The normalized spacial score (nSPS) is 23.6. The maximum Gasteiger partial charge on any atom is 0.248 e. The zero-order chi connectivity index (χ0) is 14.0. The van der Waals surface area contributed by atoms with Gasteiger partial charge >= 0.3 is 0 Å². The van der Waals surface area contributed by atoms with E-state index in [1.165, 1.54) is 0 Å². The molecular weight excluding hydrogens is 244 g/mol. The summed E-state index contributed by atoms with van der Waals surface area (Å²) in [6.45, 7) is 6.93. The number of amides is 2. The molecule has 0 radical (unpaired) electrons. The van der Waals surface area contributed by atoms with Crippen molar-refractivity contribution in [3.05, 3.63) is 18.2 Å². The van der Waals surface area contributed by atoms with Gasteiger partial charge in [-0.15, -0.1) is 0 Å². The third kappa shape index (κ3) is 2.62. The Kier molecular flexibility index (Phi) is 3.59. The standard InChI is InChI=1S/C13H20N4O2/c1-4-13(3)12(19)17(9-11(18)15-13)8-7-16-6-5-14-10(16)2/h5-6H,4,7-9H2,1-3H3,(H,15,18). The molecule has 6 heteroatoms. The molecule has 1 aromatic rings. The van der Waals surface area contributed by atoms with E-state index in [0.717, 1.165) is 5.82 Å². The molecule has 6 nitrogen and oxygen atoms in total. The number of imidazole rings is 1. The van der Waals surface area contributed by atoms with Crippen molar-refractivity contribution in [1.82, 2.24) is 19.8 Å². The Morgan fingerprint density at radius 2 is 2.16 bits per heavy atom. The lowest BCUT2D eigenvalue weighted by Gasteiger charge is -2.39. The molecule has 0 bridgehead atoms. The van der Waals surface area contributed by atoms with Crippen LogP contribution in [-0.2, 0) is 16.1 Å². The van der Waals surface area contributed by atoms with Gasteiger partial charge in [-0.2, -0.15) is 0 Å². The number of carbonyl (C=O) groups is 2. The summed E-state index contributed by atoms with van der Waals surface area (Å²) in [5.41, 5.74) is -0.765. The lowest BCUT2D eigenvalue weighted by atomic mass is 9.94. The van der Waals surface area contributed by atoms with Gasteiger partial charge in [0.1, 0.15) is 11.4 Å². The minimum Gasteiger partial charge on any atom is -0.340 e. The summed E-state index contributed by atoms with van der Waals surface area (Å²) in [5.74, 6) is 0.811. The number of nitrogens with one attached hydrogen (secondary N) is 1. The Balaban J connectivity index is 2.05. The third-order valence-corrected chi connectivity index (χ3v) is 3.75. The van der Waals surface area contributed by atoms with Gasteiger partial charge in [-0.25, -0.2) is 4.98 Å². The van der Waals surface area contributed by atoms with Crippen molar-refractivity contribution in [3.63, 3.8) is 0 Å². The minimum absolute atomic E-state index is 0.00707. The first-order valence-electron chi connectivity index (χ1n) is 6.54.